The molecule has 2 aliphatic heterocycles. The number of allylic oxidation sites excluding steroid dienone is 1. The van der Waals surface area contributed by atoms with Crippen LogP contribution in [0, 0.1) is 5.92 Å². The Kier molecular flexibility index (Phi) is 5.71. The standard InChI is InChI=1S/C17H19ClN4O5S/c1-3-7-4-5-9-8(15(24)22(9)13(7)16(25)26)6-10(23)11(21-27-2)12-14(18)28-17(19)20-12/h8-9H,3-6H2,1-2H3,(H2,19,20)(H,25,26)/b21-11-/t8-,9?/m0/s1. The van der Waals surface area contributed by atoms with Crippen molar-refractivity contribution in [2.45, 2.75) is 38.6 Å². The number of halogens is 1. The molecule has 0 aromatic carbocycles. The van der Waals surface area contributed by atoms with Gasteiger partial charge in [0.1, 0.15) is 22.8 Å². The SMILES string of the molecule is CCC1=C(C(=O)O)N2C(=O)[C@@H](CC(=O)/C(=N/OC)c3nc(N)sc3Cl)C2CC1. The zero-order valence-electron chi connectivity index (χ0n) is 15.3. The number of nitrogens with two attached hydrogens (primary N) is 1. The van der Waals surface area contributed by atoms with Crippen molar-refractivity contribution in [1.29, 1.82) is 0 Å². The average Bonchev–Trinajstić information content (AvgIpc) is 3.00. The summed E-state index contributed by atoms with van der Waals surface area (Å²) in [4.78, 5) is 47.1. The number of carbonyl (C=O) groups excluding carboxylic acids is 2. The Balaban J connectivity index is 1.81. The molecule has 1 amide bonds. The Hall–Kier alpha value is -2.46. The van der Waals surface area contributed by atoms with Crippen molar-refractivity contribution < 1.29 is 24.3 Å². The number of nitrogen functional groups attached to an aromatic ring is 1. The van der Waals surface area contributed by atoms with Crippen molar-refractivity contribution >= 4 is 51.4 Å². The molecule has 1 fully saturated rings. The number of aliphatic carboxylic acids is 1. The molecular weight excluding hydrogens is 408 g/mol. The molecule has 3 N–H and O–H groups in total. The monoisotopic (exact) mass is 426 g/mol. The van der Waals surface area contributed by atoms with Crippen molar-refractivity contribution in [3.63, 3.8) is 0 Å². The molecule has 1 saturated heterocycles. The third-order valence-corrected chi connectivity index (χ3v) is 6.06. The van der Waals surface area contributed by atoms with Crippen LogP contribution in [0.1, 0.15) is 38.3 Å². The van der Waals surface area contributed by atoms with Crippen LogP contribution in [-0.4, -0.2) is 51.5 Å². The smallest absolute Gasteiger partial charge is 0.352 e. The number of amides is 1. The van der Waals surface area contributed by atoms with Crippen LogP contribution >= 0.6 is 22.9 Å². The highest BCUT2D eigenvalue weighted by Gasteiger charge is 2.53. The van der Waals surface area contributed by atoms with E-state index in [1.165, 1.54) is 12.0 Å². The van der Waals surface area contributed by atoms with Crippen LogP contribution in [0.4, 0.5) is 5.13 Å². The number of nitrogens with zero attached hydrogens (tertiary/aromatic N) is 3. The largest absolute Gasteiger partial charge is 0.477 e. The minimum atomic E-state index is -1.12. The highest BCUT2D eigenvalue weighted by Crippen LogP contribution is 2.42. The predicted octanol–water partition coefficient (Wildman–Crippen LogP) is 2.06. The summed E-state index contributed by atoms with van der Waals surface area (Å²) in [5, 5.41) is 13.4. The Morgan fingerprint density at radius 3 is 2.75 bits per heavy atom. The number of thiazole rings is 1. The summed E-state index contributed by atoms with van der Waals surface area (Å²) in [6.07, 6.45) is 1.63. The van der Waals surface area contributed by atoms with Crippen molar-refractivity contribution in [1.82, 2.24) is 9.88 Å². The zero-order valence-corrected chi connectivity index (χ0v) is 16.8. The Bertz CT molecular complexity index is 909. The number of carboxylic acid groups (broad SMARTS) is 1. The van der Waals surface area contributed by atoms with E-state index >= 15 is 0 Å². The molecule has 9 nitrogen and oxygen atoms in total. The van der Waals surface area contributed by atoms with E-state index in [4.69, 9.17) is 22.2 Å². The molecule has 0 bridgehead atoms. The zero-order chi connectivity index (χ0) is 20.6. The molecule has 0 aliphatic carbocycles. The Morgan fingerprint density at radius 2 is 2.21 bits per heavy atom. The highest BCUT2D eigenvalue weighted by atomic mass is 35.5. The maximum Gasteiger partial charge on any atom is 0.352 e. The molecular formula is C17H19ClN4O5S. The van der Waals surface area contributed by atoms with Crippen LogP contribution in [0.2, 0.25) is 4.34 Å². The quantitative estimate of drug-likeness (QED) is 0.387. The number of carbonyl (C=O) groups is 3. The van der Waals surface area contributed by atoms with Crippen LogP contribution in [0.3, 0.4) is 0 Å². The molecule has 0 saturated carbocycles. The minimum Gasteiger partial charge on any atom is -0.477 e. The molecule has 3 rings (SSSR count). The number of oxime groups is 1. The van der Waals surface area contributed by atoms with Crippen LogP contribution in [-0.2, 0) is 19.2 Å². The molecule has 28 heavy (non-hydrogen) atoms. The number of anilines is 1. The molecule has 1 aromatic rings. The second kappa shape index (κ2) is 7.88. The van der Waals surface area contributed by atoms with Gasteiger partial charge in [-0.3, -0.25) is 9.59 Å². The fourth-order valence-electron chi connectivity index (χ4n) is 3.72. The van der Waals surface area contributed by atoms with Gasteiger partial charge in [0.2, 0.25) is 5.91 Å². The summed E-state index contributed by atoms with van der Waals surface area (Å²) in [6.45, 7) is 1.86. The lowest BCUT2D eigenvalue weighted by Gasteiger charge is -2.50. The van der Waals surface area contributed by atoms with E-state index in [1.54, 1.807) is 0 Å². The van der Waals surface area contributed by atoms with Crippen molar-refractivity contribution in [2.24, 2.45) is 11.1 Å². The van der Waals surface area contributed by atoms with E-state index in [2.05, 4.69) is 10.1 Å². The van der Waals surface area contributed by atoms with Crippen molar-refractivity contribution in [3.8, 4) is 0 Å². The molecule has 150 valence electrons. The van der Waals surface area contributed by atoms with E-state index < -0.39 is 17.7 Å². The third-order valence-electron chi connectivity index (χ3n) is 4.98. The summed E-state index contributed by atoms with van der Waals surface area (Å²) < 4.78 is 0.199. The topological polar surface area (TPSA) is 135 Å². The van der Waals surface area contributed by atoms with E-state index in [0.29, 0.717) is 19.3 Å². The average molecular weight is 427 g/mol. The number of ketones is 1. The number of hydrogen-bond donors (Lipinski definition) is 2. The van der Waals surface area contributed by atoms with Crippen LogP contribution < -0.4 is 5.73 Å². The lowest BCUT2D eigenvalue weighted by atomic mass is 9.75. The number of β-lactam (4-membered cyclic amide) rings is 1. The Morgan fingerprint density at radius 1 is 1.50 bits per heavy atom. The van der Waals surface area contributed by atoms with Crippen LogP contribution in [0.15, 0.2) is 16.4 Å². The van der Waals surface area contributed by atoms with Gasteiger partial charge in [0, 0.05) is 12.5 Å². The summed E-state index contributed by atoms with van der Waals surface area (Å²) in [6, 6.07) is -0.322. The van der Waals surface area contributed by atoms with Gasteiger partial charge in [-0.15, -0.1) is 0 Å². The number of rotatable bonds is 7. The van der Waals surface area contributed by atoms with Crippen molar-refractivity contribution in [2.75, 3.05) is 12.8 Å². The second-order valence-corrected chi connectivity index (χ2v) is 8.09. The number of fused-ring (bicyclic) bond motifs is 1. The van der Waals surface area contributed by atoms with Gasteiger partial charge in [-0.1, -0.05) is 35.0 Å². The molecule has 2 atom stereocenters. The van der Waals surface area contributed by atoms with Gasteiger partial charge >= 0.3 is 5.97 Å². The predicted molar refractivity (Wildman–Crippen MR) is 103 cm³/mol. The molecule has 3 heterocycles. The molecule has 11 heteroatoms. The maximum atomic E-state index is 12.8. The molecule has 2 aliphatic rings. The second-order valence-electron chi connectivity index (χ2n) is 6.46. The lowest BCUT2D eigenvalue weighted by Crippen LogP contribution is -2.63. The van der Waals surface area contributed by atoms with Gasteiger partial charge < -0.3 is 20.6 Å². The number of hydrogen-bond acceptors (Lipinski definition) is 8. The summed E-state index contributed by atoms with van der Waals surface area (Å²) in [5.74, 6) is -2.57. The maximum absolute atomic E-state index is 12.8. The van der Waals surface area contributed by atoms with Crippen LogP contribution in [0.5, 0.6) is 0 Å². The first-order chi connectivity index (χ1) is 13.3. The fraction of sp³-hybridized carbons (Fsp3) is 0.471. The van der Waals surface area contributed by atoms with Gasteiger partial charge in [0.15, 0.2) is 16.6 Å². The highest BCUT2D eigenvalue weighted by molar-refractivity contribution is 7.19. The summed E-state index contributed by atoms with van der Waals surface area (Å²) >= 11 is 7.07. The van der Waals surface area contributed by atoms with Gasteiger partial charge in [0.05, 0.1) is 5.92 Å². The molecule has 0 radical (unpaired) electrons. The van der Waals surface area contributed by atoms with Gasteiger partial charge in [0.25, 0.3) is 0 Å². The molecule has 1 unspecified atom stereocenters. The lowest BCUT2D eigenvalue weighted by molar-refractivity contribution is -0.159. The first kappa shape index (κ1) is 20.3. The number of Topliss-reactive ketones (excluding diaryl/α,β-unsaturated/α-hetero) is 1. The Labute approximate surface area is 169 Å². The van der Waals surface area contributed by atoms with Gasteiger partial charge in [-0.25, -0.2) is 9.78 Å². The van der Waals surface area contributed by atoms with Crippen molar-refractivity contribution in [3.05, 3.63) is 21.3 Å². The van der Waals surface area contributed by atoms with Gasteiger partial charge in [-0.05, 0) is 24.8 Å². The third kappa shape index (κ3) is 3.37. The molecule has 0 spiro atoms. The number of carboxylic acids is 1. The number of aromatic nitrogens is 1. The van der Waals surface area contributed by atoms with Crippen LogP contribution in [0.25, 0.3) is 0 Å². The normalized spacial score (nSPS) is 22.0. The van der Waals surface area contributed by atoms with E-state index in [1.807, 2.05) is 6.92 Å². The minimum absolute atomic E-state index is 0.0496. The fourth-order valence-corrected chi connectivity index (χ4v) is 4.65. The van der Waals surface area contributed by atoms with E-state index in [9.17, 15) is 19.5 Å². The summed E-state index contributed by atoms with van der Waals surface area (Å²) in [7, 11) is 1.28. The first-order valence-corrected chi connectivity index (χ1v) is 9.84. The van der Waals surface area contributed by atoms with E-state index in [-0.39, 0.29) is 44.9 Å². The molecule has 1 aromatic heterocycles. The first-order valence-electron chi connectivity index (χ1n) is 8.65. The van der Waals surface area contributed by atoms with Gasteiger partial charge in [-0.2, -0.15) is 0 Å². The summed E-state index contributed by atoms with van der Waals surface area (Å²) in [5.41, 5.74) is 6.43. The van der Waals surface area contributed by atoms with E-state index in [0.717, 1.165) is 16.9 Å².